The summed E-state index contributed by atoms with van der Waals surface area (Å²) in [5.41, 5.74) is 1.18. The van der Waals surface area contributed by atoms with Crippen molar-refractivity contribution >= 4 is 0 Å². The maximum Gasteiger partial charge on any atom is 0.127 e. The van der Waals surface area contributed by atoms with E-state index >= 15 is 0 Å². The van der Waals surface area contributed by atoms with Gasteiger partial charge in [-0.05, 0) is 44.7 Å². The summed E-state index contributed by atoms with van der Waals surface area (Å²) in [5, 5.41) is 0. The second-order valence-corrected chi connectivity index (χ2v) is 7.41. The van der Waals surface area contributed by atoms with Crippen molar-refractivity contribution in [1.82, 2.24) is 4.90 Å². The first-order valence-electron chi connectivity index (χ1n) is 8.12. The first-order valence-corrected chi connectivity index (χ1v) is 8.12. The van der Waals surface area contributed by atoms with Crippen LogP contribution in [0.5, 0.6) is 11.5 Å². The van der Waals surface area contributed by atoms with Gasteiger partial charge >= 0.3 is 0 Å². The van der Waals surface area contributed by atoms with Crippen molar-refractivity contribution in [3.05, 3.63) is 23.8 Å². The highest BCUT2D eigenvalue weighted by Gasteiger charge is 2.35. The molecule has 0 saturated carbocycles. The minimum absolute atomic E-state index is 0.0593. The summed E-state index contributed by atoms with van der Waals surface area (Å²) in [7, 11) is 0. The molecule has 1 aromatic carbocycles. The van der Waals surface area contributed by atoms with E-state index in [1.807, 2.05) is 6.07 Å². The van der Waals surface area contributed by atoms with Crippen molar-refractivity contribution in [2.24, 2.45) is 5.92 Å². The normalized spacial score (nSPS) is 26.1. The van der Waals surface area contributed by atoms with Crippen LogP contribution in [0.2, 0.25) is 0 Å². The second-order valence-electron chi connectivity index (χ2n) is 7.41. The van der Waals surface area contributed by atoms with Crippen molar-refractivity contribution in [3.63, 3.8) is 0 Å². The van der Waals surface area contributed by atoms with E-state index in [4.69, 9.17) is 9.47 Å². The van der Waals surface area contributed by atoms with Gasteiger partial charge in [0, 0.05) is 18.7 Å². The first-order chi connectivity index (χ1) is 9.94. The van der Waals surface area contributed by atoms with Gasteiger partial charge in [0.2, 0.25) is 0 Å². The van der Waals surface area contributed by atoms with Crippen LogP contribution in [0, 0.1) is 5.92 Å². The fraction of sp³-hybridized carbons (Fsp3) is 0.667. The summed E-state index contributed by atoms with van der Waals surface area (Å²) in [6.45, 7) is 12.0. The van der Waals surface area contributed by atoms with E-state index in [0.717, 1.165) is 36.9 Å². The van der Waals surface area contributed by atoms with Crippen LogP contribution >= 0.6 is 0 Å². The summed E-state index contributed by atoms with van der Waals surface area (Å²) in [6, 6.07) is 6.78. The lowest BCUT2D eigenvalue weighted by molar-refractivity contribution is 0.0832. The number of rotatable bonds is 5. The zero-order valence-electron chi connectivity index (χ0n) is 13.7. The fourth-order valence-electron chi connectivity index (χ4n) is 3.06. The van der Waals surface area contributed by atoms with Gasteiger partial charge in [-0.3, -0.25) is 4.90 Å². The van der Waals surface area contributed by atoms with E-state index < -0.39 is 0 Å². The average Bonchev–Trinajstić information content (AvgIpc) is 3.12. The highest BCUT2D eigenvalue weighted by Crippen LogP contribution is 2.38. The monoisotopic (exact) mass is 289 g/mol. The topological polar surface area (TPSA) is 21.5 Å². The first kappa shape index (κ1) is 14.7. The molecule has 2 aliphatic heterocycles. The lowest BCUT2D eigenvalue weighted by atomic mass is 9.94. The molecule has 1 fully saturated rings. The highest BCUT2D eigenvalue weighted by molar-refractivity contribution is 5.46. The van der Waals surface area contributed by atoms with Crippen LogP contribution in [0.4, 0.5) is 0 Å². The molecule has 0 aromatic heterocycles. The Morgan fingerprint density at radius 1 is 1.38 bits per heavy atom. The van der Waals surface area contributed by atoms with Gasteiger partial charge in [0.15, 0.2) is 0 Å². The minimum atomic E-state index is -0.0593. The van der Waals surface area contributed by atoms with Crippen molar-refractivity contribution in [2.45, 2.75) is 52.2 Å². The Balaban J connectivity index is 1.60. The third kappa shape index (κ3) is 3.52. The molecule has 116 valence electrons. The number of hydrogen-bond acceptors (Lipinski definition) is 3. The van der Waals surface area contributed by atoms with Gasteiger partial charge in [-0.2, -0.15) is 0 Å². The van der Waals surface area contributed by atoms with E-state index in [1.54, 1.807) is 0 Å². The molecule has 2 heterocycles. The summed E-state index contributed by atoms with van der Waals surface area (Å²) in [4.78, 5) is 2.49. The number of ether oxygens (including phenoxy) is 2. The minimum Gasteiger partial charge on any atom is -0.491 e. The van der Waals surface area contributed by atoms with E-state index in [9.17, 15) is 0 Å². The predicted octanol–water partition coefficient (Wildman–Crippen LogP) is 3.51. The molecule has 0 aliphatic carbocycles. The van der Waals surface area contributed by atoms with Gasteiger partial charge in [-0.1, -0.05) is 19.9 Å². The molecule has 3 nitrogen and oxygen atoms in total. The van der Waals surface area contributed by atoms with Crippen molar-refractivity contribution < 1.29 is 9.47 Å². The van der Waals surface area contributed by atoms with E-state index in [1.165, 1.54) is 18.7 Å². The van der Waals surface area contributed by atoms with Gasteiger partial charge in [0.05, 0.1) is 6.04 Å². The summed E-state index contributed by atoms with van der Waals surface area (Å²) < 4.78 is 12.2. The number of hydrogen-bond donors (Lipinski definition) is 0. The molecule has 21 heavy (non-hydrogen) atoms. The molecule has 3 rings (SSSR count). The zero-order chi connectivity index (χ0) is 15.0. The largest absolute Gasteiger partial charge is 0.491 e. The Kier molecular flexibility index (Phi) is 3.87. The SMILES string of the molecule is CC(C)CN1CC1COc1cccc2c1CCC(C)(C)O2. The maximum atomic E-state index is 6.09. The lowest BCUT2D eigenvalue weighted by Crippen LogP contribution is -2.32. The Hall–Kier alpha value is -1.22. The van der Waals surface area contributed by atoms with Crippen molar-refractivity contribution in [1.29, 1.82) is 0 Å². The fourth-order valence-corrected chi connectivity index (χ4v) is 3.06. The van der Waals surface area contributed by atoms with Gasteiger partial charge in [0.25, 0.3) is 0 Å². The van der Waals surface area contributed by atoms with Crippen LogP contribution in [0.1, 0.15) is 39.7 Å². The predicted molar refractivity (Wildman–Crippen MR) is 85.2 cm³/mol. The average molecular weight is 289 g/mol. The molecule has 1 aromatic rings. The number of nitrogens with zero attached hydrogens (tertiary/aromatic N) is 1. The van der Waals surface area contributed by atoms with Gasteiger partial charge in [-0.15, -0.1) is 0 Å². The highest BCUT2D eigenvalue weighted by atomic mass is 16.5. The Bertz CT molecular complexity index is 510. The molecule has 2 aliphatic rings. The van der Waals surface area contributed by atoms with Crippen LogP contribution in [0.25, 0.3) is 0 Å². The van der Waals surface area contributed by atoms with E-state index in [0.29, 0.717) is 6.04 Å². The molecule has 1 saturated heterocycles. The summed E-state index contributed by atoms with van der Waals surface area (Å²) >= 11 is 0. The van der Waals surface area contributed by atoms with Crippen LogP contribution in [-0.4, -0.2) is 36.2 Å². The van der Waals surface area contributed by atoms with Gasteiger partial charge in [0.1, 0.15) is 23.7 Å². The molecule has 0 amide bonds. The molecule has 0 N–H and O–H groups in total. The van der Waals surface area contributed by atoms with Crippen LogP contribution < -0.4 is 9.47 Å². The van der Waals surface area contributed by atoms with Gasteiger partial charge < -0.3 is 9.47 Å². The Labute approximate surface area is 128 Å². The van der Waals surface area contributed by atoms with Crippen molar-refractivity contribution in [3.8, 4) is 11.5 Å². The molecule has 0 bridgehead atoms. The maximum absolute atomic E-state index is 6.09. The smallest absolute Gasteiger partial charge is 0.127 e. The molecular weight excluding hydrogens is 262 g/mol. The van der Waals surface area contributed by atoms with E-state index in [-0.39, 0.29) is 5.60 Å². The van der Waals surface area contributed by atoms with Crippen LogP contribution in [0.15, 0.2) is 18.2 Å². The Morgan fingerprint density at radius 2 is 2.19 bits per heavy atom. The van der Waals surface area contributed by atoms with Crippen LogP contribution in [0.3, 0.4) is 0 Å². The molecule has 0 radical (unpaired) electrons. The molecule has 2 unspecified atom stereocenters. The molecule has 0 spiro atoms. The summed E-state index contributed by atoms with van der Waals surface area (Å²) in [5.74, 6) is 2.74. The Morgan fingerprint density at radius 3 is 2.95 bits per heavy atom. The lowest BCUT2D eigenvalue weighted by Gasteiger charge is -2.33. The van der Waals surface area contributed by atoms with E-state index in [2.05, 4.69) is 44.7 Å². The summed E-state index contributed by atoms with van der Waals surface area (Å²) in [6.07, 6.45) is 2.09. The number of benzene rings is 1. The zero-order valence-corrected chi connectivity index (χ0v) is 13.7. The molecule has 2 atom stereocenters. The third-order valence-corrected chi connectivity index (χ3v) is 4.31. The second kappa shape index (κ2) is 5.53. The quantitative estimate of drug-likeness (QED) is 0.774. The standard InChI is InChI=1S/C18H27NO2/c1-13(2)10-19-11-14(19)12-20-16-6-5-7-17-15(16)8-9-18(3,4)21-17/h5-7,13-14H,8-12H2,1-4H3. The third-order valence-electron chi connectivity index (χ3n) is 4.31. The van der Waals surface area contributed by atoms with Crippen LogP contribution in [-0.2, 0) is 6.42 Å². The molecular formula is C18H27NO2. The molecule has 3 heteroatoms. The van der Waals surface area contributed by atoms with Gasteiger partial charge in [-0.25, -0.2) is 0 Å². The van der Waals surface area contributed by atoms with Crippen molar-refractivity contribution in [2.75, 3.05) is 19.7 Å². The number of fused-ring (bicyclic) bond motifs is 1.